The van der Waals surface area contributed by atoms with Crippen molar-refractivity contribution in [2.24, 2.45) is 7.05 Å². The lowest BCUT2D eigenvalue weighted by atomic mass is 10.5. The molecule has 1 aromatic heterocycles. The Morgan fingerprint density at radius 3 is 2.56 bits per heavy atom. The van der Waals surface area contributed by atoms with Crippen LogP contribution >= 0.6 is 15.9 Å². The van der Waals surface area contributed by atoms with Crippen LogP contribution in [0, 0.1) is 0 Å². The number of aryl methyl sites for hydroxylation is 2. The van der Waals surface area contributed by atoms with Gasteiger partial charge in [-0.3, -0.25) is 4.68 Å². The molecule has 0 unspecified atom stereocenters. The highest BCUT2D eigenvalue weighted by Gasteiger charge is 1.99. The molecule has 0 aliphatic carbocycles. The molecule has 3 nitrogen and oxygen atoms in total. The van der Waals surface area contributed by atoms with Crippen molar-refractivity contribution in [3.63, 3.8) is 0 Å². The van der Waals surface area contributed by atoms with Crippen LogP contribution in [-0.4, -0.2) is 14.8 Å². The quantitative estimate of drug-likeness (QED) is 0.664. The van der Waals surface area contributed by atoms with Crippen molar-refractivity contribution in [1.29, 1.82) is 0 Å². The van der Waals surface area contributed by atoms with Gasteiger partial charge in [-0.15, -0.1) is 5.10 Å². The van der Waals surface area contributed by atoms with E-state index < -0.39 is 0 Å². The highest BCUT2D eigenvalue weighted by atomic mass is 79.9. The predicted octanol–water partition coefficient (Wildman–Crippen LogP) is 1.14. The van der Waals surface area contributed by atoms with E-state index in [0.717, 1.165) is 12.2 Å². The van der Waals surface area contributed by atoms with E-state index in [1.165, 1.54) is 0 Å². The van der Waals surface area contributed by atoms with Crippen LogP contribution in [-0.2, 0) is 13.5 Å². The summed E-state index contributed by atoms with van der Waals surface area (Å²) in [5.74, 6) is 1.00. The number of hydrogen-bond acceptors (Lipinski definition) is 2. The van der Waals surface area contributed by atoms with Gasteiger partial charge < -0.3 is 0 Å². The maximum absolute atomic E-state index is 4.10. The Balaban J connectivity index is 3.01. The van der Waals surface area contributed by atoms with Crippen LogP contribution in [0.3, 0.4) is 0 Å². The van der Waals surface area contributed by atoms with Crippen LogP contribution < -0.4 is 0 Å². The molecule has 0 N–H and O–H groups in total. The van der Waals surface area contributed by atoms with Crippen LogP contribution in [0.15, 0.2) is 4.73 Å². The van der Waals surface area contributed by atoms with Gasteiger partial charge in [0.1, 0.15) is 5.82 Å². The summed E-state index contributed by atoms with van der Waals surface area (Å²) < 4.78 is 2.44. The fourth-order valence-corrected chi connectivity index (χ4v) is 1.13. The average molecular weight is 190 g/mol. The summed E-state index contributed by atoms with van der Waals surface area (Å²) in [4.78, 5) is 4.10. The van der Waals surface area contributed by atoms with Gasteiger partial charge in [0.05, 0.1) is 0 Å². The first-order chi connectivity index (χ1) is 4.24. The second-order valence-corrected chi connectivity index (χ2v) is 2.48. The topological polar surface area (TPSA) is 30.7 Å². The van der Waals surface area contributed by atoms with Gasteiger partial charge in [-0.25, -0.2) is 4.98 Å². The number of halogens is 1. The zero-order valence-corrected chi connectivity index (χ0v) is 7.01. The number of rotatable bonds is 1. The van der Waals surface area contributed by atoms with Gasteiger partial charge in [-0.2, -0.15) is 0 Å². The number of aromatic nitrogens is 3. The number of hydrogen-bond donors (Lipinski definition) is 0. The molecular formula is C5H8BrN3. The third-order valence-electron chi connectivity index (χ3n) is 1.14. The highest BCUT2D eigenvalue weighted by molar-refractivity contribution is 9.10. The molecule has 9 heavy (non-hydrogen) atoms. The molecule has 0 saturated carbocycles. The van der Waals surface area contributed by atoms with E-state index >= 15 is 0 Å². The number of nitrogens with zero attached hydrogens (tertiary/aromatic N) is 3. The molecule has 1 aromatic rings. The van der Waals surface area contributed by atoms with Gasteiger partial charge in [-0.05, 0) is 15.9 Å². The zero-order valence-electron chi connectivity index (χ0n) is 5.43. The van der Waals surface area contributed by atoms with Gasteiger partial charge in [0, 0.05) is 13.5 Å². The average Bonchev–Trinajstić information content (AvgIpc) is 2.10. The van der Waals surface area contributed by atoms with Crippen molar-refractivity contribution in [3.8, 4) is 0 Å². The molecule has 0 aromatic carbocycles. The van der Waals surface area contributed by atoms with Crippen molar-refractivity contribution in [1.82, 2.24) is 14.8 Å². The van der Waals surface area contributed by atoms with Crippen molar-refractivity contribution in [3.05, 3.63) is 10.6 Å². The van der Waals surface area contributed by atoms with Crippen molar-refractivity contribution >= 4 is 15.9 Å². The lowest BCUT2D eigenvalue weighted by Gasteiger charge is -1.90. The molecular weight excluding hydrogens is 182 g/mol. The lowest BCUT2D eigenvalue weighted by Crippen LogP contribution is -1.96. The summed E-state index contributed by atoms with van der Waals surface area (Å²) in [5.41, 5.74) is 0. The molecule has 1 heterocycles. The summed E-state index contributed by atoms with van der Waals surface area (Å²) in [6.07, 6.45) is 0.926. The second-order valence-electron chi connectivity index (χ2n) is 1.77. The van der Waals surface area contributed by atoms with Crippen LogP contribution in [0.2, 0.25) is 0 Å². The van der Waals surface area contributed by atoms with Crippen LogP contribution in [0.4, 0.5) is 0 Å². The summed E-state index contributed by atoms with van der Waals surface area (Å²) >= 11 is 3.18. The van der Waals surface area contributed by atoms with E-state index in [1.54, 1.807) is 4.68 Å². The largest absolute Gasteiger partial charge is 0.252 e. The van der Waals surface area contributed by atoms with Gasteiger partial charge >= 0.3 is 0 Å². The van der Waals surface area contributed by atoms with E-state index in [2.05, 4.69) is 32.9 Å². The normalized spacial score (nSPS) is 10.1. The van der Waals surface area contributed by atoms with Crippen LogP contribution in [0.5, 0.6) is 0 Å². The first kappa shape index (κ1) is 6.74. The molecule has 0 fully saturated rings. The molecule has 0 atom stereocenters. The predicted molar refractivity (Wildman–Crippen MR) is 38.1 cm³/mol. The molecule has 0 aliphatic rings. The molecule has 4 heteroatoms. The van der Waals surface area contributed by atoms with Crippen molar-refractivity contribution < 1.29 is 0 Å². The first-order valence-electron chi connectivity index (χ1n) is 2.79. The minimum Gasteiger partial charge on any atom is -0.252 e. The van der Waals surface area contributed by atoms with Gasteiger partial charge in [0.2, 0.25) is 4.73 Å². The Bertz CT molecular complexity index is 206. The Labute approximate surface area is 62.2 Å². The maximum atomic E-state index is 4.10. The Hall–Kier alpha value is -0.380. The van der Waals surface area contributed by atoms with Gasteiger partial charge in [0.15, 0.2) is 0 Å². The van der Waals surface area contributed by atoms with E-state index in [0.29, 0.717) is 4.73 Å². The van der Waals surface area contributed by atoms with Crippen LogP contribution in [0.1, 0.15) is 12.7 Å². The molecule has 0 radical (unpaired) electrons. The molecule has 0 aliphatic heterocycles. The Morgan fingerprint density at radius 2 is 2.33 bits per heavy atom. The Kier molecular flexibility index (Phi) is 1.85. The van der Waals surface area contributed by atoms with Crippen molar-refractivity contribution in [2.45, 2.75) is 13.3 Å². The SMILES string of the molecule is CCc1nc(Br)nn1C. The fraction of sp³-hybridized carbons (Fsp3) is 0.600. The summed E-state index contributed by atoms with van der Waals surface area (Å²) in [7, 11) is 1.89. The van der Waals surface area contributed by atoms with Crippen LogP contribution in [0.25, 0.3) is 0 Å². The second kappa shape index (κ2) is 2.47. The standard InChI is InChI=1S/C5H8BrN3/c1-3-4-7-5(6)8-9(4)2/h3H2,1-2H3. The highest BCUT2D eigenvalue weighted by Crippen LogP contribution is 2.02. The third kappa shape index (κ3) is 1.30. The minimum atomic E-state index is 0.668. The lowest BCUT2D eigenvalue weighted by molar-refractivity contribution is 0.706. The van der Waals surface area contributed by atoms with Gasteiger partial charge in [0.25, 0.3) is 0 Å². The third-order valence-corrected chi connectivity index (χ3v) is 1.48. The monoisotopic (exact) mass is 189 g/mol. The molecule has 50 valence electrons. The van der Waals surface area contributed by atoms with Gasteiger partial charge in [-0.1, -0.05) is 6.92 Å². The van der Waals surface area contributed by atoms with E-state index in [1.807, 2.05) is 7.05 Å². The first-order valence-corrected chi connectivity index (χ1v) is 3.58. The molecule has 1 rings (SSSR count). The smallest absolute Gasteiger partial charge is 0.217 e. The molecule has 0 spiro atoms. The minimum absolute atomic E-state index is 0.668. The fourth-order valence-electron chi connectivity index (χ4n) is 0.691. The zero-order chi connectivity index (χ0) is 6.85. The molecule has 0 saturated heterocycles. The molecule has 0 bridgehead atoms. The summed E-state index contributed by atoms with van der Waals surface area (Å²) in [6.45, 7) is 2.05. The summed E-state index contributed by atoms with van der Waals surface area (Å²) in [5, 5.41) is 4.00. The van der Waals surface area contributed by atoms with E-state index in [9.17, 15) is 0 Å². The Morgan fingerprint density at radius 1 is 1.67 bits per heavy atom. The van der Waals surface area contributed by atoms with E-state index in [4.69, 9.17) is 0 Å². The van der Waals surface area contributed by atoms with Crippen molar-refractivity contribution in [2.75, 3.05) is 0 Å². The van der Waals surface area contributed by atoms with E-state index in [-0.39, 0.29) is 0 Å². The maximum Gasteiger partial charge on any atom is 0.217 e. The summed E-state index contributed by atoms with van der Waals surface area (Å²) in [6, 6.07) is 0. The molecule has 0 amide bonds.